The minimum Gasteiger partial charge on any atom is -0.353 e. The quantitative estimate of drug-likeness (QED) is 0.809. The van der Waals surface area contributed by atoms with Crippen LogP contribution >= 0.6 is 0 Å². The molecule has 1 N–H and O–H groups in total. The highest BCUT2D eigenvalue weighted by molar-refractivity contribution is 5.82. The molecule has 0 aromatic heterocycles. The monoisotopic (exact) mass is 330 g/mol. The molecular weight excluding hydrogens is 300 g/mol. The van der Waals surface area contributed by atoms with E-state index in [0.29, 0.717) is 23.8 Å². The number of allylic oxidation sites excluding steroid dienone is 2. The van der Waals surface area contributed by atoms with Crippen molar-refractivity contribution in [3.8, 4) is 0 Å². The van der Waals surface area contributed by atoms with Crippen LogP contribution in [0.2, 0.25) is 0 Å². The van der Waals surface area contributed by atoms with E-state index in [0.717, 1.165) is 45.2 Å². The van der Waals surface area contributed by atoms with Crippen molar-refractivity contribution in [3.63, 3.8) is 0 Å². The molecule has 4 heteroatoms. The van der Waals surface area contributed by atoms with Gasteiger partial charge >= 0.3 is 0 Å². The van der Waals surface area contributed by atoms with Gasteiger partial charge in [0.15, 0.2) is 0 Å². The molecule has 2 saturated carbocycles. The molecule has 24 heavy (non-hydrogen) atoms. The summed E-state index contributed by atoms with van der Waals surface area (Å²) in [5.74, 6) is 2.02. The zero-order valence-electron chi connectivity index (χ0n) is 14.6. The predicted molar refractivity (Wildman–Crippen MR) is 93.2 cm³/mol. The molecule has 1 aliphatic heterocycles. The second-order valence-corrected chi connectivity index (χ2v) is 8.33. The third-order valence-electron chi connectivity index (χ3n) is 6.73. The van der Waals surface area contributed by atoms with Gasteiger partial charge in [0.25, 0.3) is 0 Å². The summed E-state index contributed by atoms with van der Waals surface area (Å²) in [6.45, 7) is 1.53. The average Bonchev–Trinajstić information content (AvgIpc) is 3.25. The minimum absolute atomic E-state index is 0.107. The Morgan fingerprint density at radius 2 is 1.67 bits per heavy atom. The molecule has 1 saturated heterocycles. The Labute approximate surface area is 145 Å². The maximum Gasteiger partial charge on any atom is 0.226 e. The fourth-order valence-electron chi connectivity index (χ4n) is 5.23. The lowest BCUT2D eigenvalue weighted by molar-refractivity contribution is -0.140. The van der Waals surface area contributed by atoms with E-state index in [1.54, 1.807) is 0 Å². The molecule has 2 bridgehead atoms. The van der Waals surface area contributed by atoms with Gasteiger partial charge in [0.05, 0.1) is 0 Å². The standard InChI is InChI=1S/C20H30N2O2/c23-19(21-17-4-2-1-3-5-17)15-8-10-22(11-9-15)20(24)18-13-14-6-7-16(18)12-14/h6-7,14-18H,1-5,8-13H2,(H,21,23). The summed E-state index contributed by atoms with van der Waals surface area (Å²) in [6, 6.07) is 0.395. The Kier molecular flexibility index (Phi) is 4.64. The molecule has 2 amide bonds. The molecule has 1 heterocycles. The Morgan fingerprint density at radius 3 is 2.29 bits per heavy atom. The second-order valence-electron chi connectivity index (χ2n) is 8.33. The number of nitrogens with one attached hydrogen (secondary N) is 1. The van der Waals surface area contributed by atoms with E-state index in [-0.39, 0.29) is 17.7 Å². The summed E-state index contributed by atoms with van der Waals surface area (Å²) in [5.41, 5.74) is 0. The van der Waals surface area contributed by atoms with Gasteiger partial charge in [-0.2, -0.15) is 0 Å². The van der Waals surface area contributed by atoms with Crippen molar-refractivity contribution in [3.05, 3.63) is 12.2 Å². The highest BCUT2D eigenvalue weighted by atomic mass is 16.2. The van der Waals surface area contributed by atoms with E-state index in [1.807, 2.05) is 4.90 Å². The molecule has 3 fully saturated rings. The third-order valence-corrected chi connectivity index (χ3v) is 6.73. The number of nitrogens with zero attached hydrogens (tertiary/aromatic N) is 1. The molecule has 0 spiro atoms. The minimum atomic E-state index is 0.107. The summed E-state index contributed by atoms with van der Waals surface area (Å²) in [5, 5.41) is 3.26. The molecule has 3 aliphatic carbocycles. The van der Waals surface area contributed by atoms with Crippen molar-refractivity contribution in [2.45, 2.75) is 63.8 Å². The summed E-state index contributed by atoms with van der Waals surface area (Å²) < 4.78 is 0. The fraction of sp³-hybridized carbons (Fsp3) is 0.800. The number of piperidine rings is 1. The predicted octanol–water partition coefficient (Wildman–Crippen LogP) is 2.89. The largest absolute Gasteiger partial charge is 0.353 e. The number of hydrogen-bond donors (Lipinski definition) is 1. The van der Waals surface area contributed by atoms with Crippen molar-refractivity contribution in [2.75, 3.05) is 13.1 Å². The van der Waals surface area contributed by atoms with Crippen molar-refractivity contribution in [1.82, 2.24) is 10.2 Å². The van der Waals surface area contributed by atoms with Crippen LogP contribution in [-0.4, -0.2) is 35.8 Å². The van der Waals surface area contributed by atoms with Gasteiger partial charge in [-0.1, -0.05) is 31.4 Å². The molecular formula is C20H30N2O2. The third kappa shape index (κ3) is 3.25. The molecule has 3 atom stereocenters. The lowest BCUT2D eigenvalue weighted by Gasteiger charge is -2.35. The smallest absolute Gasteiger partial charge is 0.226 e. The van der Waals surface area contributed by atoms with Crippen LogP contribution in [0, 0.1) is 23.7 Å². The molecule has 3 unspecified atom stereocenters. The van der Waals surface area contributed by atoms with Gasteiger partial charge in [-0.3, -0.25) is 9.59 Å². The molecule has 132 valence electrons. The highest BCUT2D eigenvalue weighted by Gasteiger charge is 2.42. The summed E-state index contributed by atoms with van der Waals surface area (Å²) in [4.78, 5) is 27.3. The molecule has 0 aromatic rings. The zero-order chi connectivity index (χ0) is 16.5. The first kappa shape index (κ1) is 16.2. The van der Waals surface area contributed by atoms with Gasteiger partial charge < -0.3 is 10.2 Å². The summed E-state index contributed by atoms with van der Waals surface area (Å²) >= 11 is 0. The number of carbonyl (C=O) groups excluding carboxylic acids is 2. The van der Waals surface area contributed by atoms with Gasteiger partial charge in [0, 0.05) is 31.0 Å². The molecule has 0 radical (unpaired) electrons. The first-order chi connectivity index (χ1) is 11.7. The van der Waals surface area contributed by atoms with Gasteiger partial charge in [0.2, 0.25) is 11.8 Å². The van der Waals surface area contributed by atoms with Crippen molar-refractivity contribution < 1.29 is 9.59 Å². The van der Waals surface area contributed by atoms with Gasteiger partial charge in [-0.15, -0.1) is 0 Å². The van der Waals surface area contributed by atoms with Gasteiger partial charge in [0.1, 0.15) is 0 Å². The van der Waals surface area contributed by atoms with Crippen molar-refractivity contribution >= 4 is 11.8 Å². The van der Waals surface area contributed by atoms with Crippen molar-refractivity contribution in [2.24, 2.45) is 23.7 Å². The zero-order valence-corrected chi connectivity index (χ0v) is 14.6. The van der Waals surface area contributed by atoms with Crippen LogP contribution in [0.25, 0.3) is 0 Å². The van der Waals surface area contributed by atoms with E-state index in [1.165, 1.54) is 25.7 Å². The van der Waals surface area contributed by atoms with E-state index in [4.69, 9.17) is 0 Å². The second kappa shape index (κ2) is 6.89. The normalized spacial score (nSPS) is 33.8. The number of hydrogen-bond acceptors (Lipinski definition) is 2. The first-order valence-electron chi connectivity index (χ1n) is 9.98. The van der Waals surface area contributed by atoms with Crippen LogP contribution in [0.4, 0.5) is 0 Å². The van der Waals surface area contributed by atoms with E-state index in [9.17, 15) is 9.59 Å². The Balaban J connectivity index is 1.25. The maximum atomic E-state index is 12.8. The number of fused-ring (bicyclic) bond motifs is 2. The number of amides is 2. The molecule has 4 rings (SSSR count). The van der Waals surface area contributed by atoms with Crippen LogP contribution in [0.15, 0.2) is 12.2 Å². The Morgan fingerprint density at radius 1 is 0.917 bits per heavy atom. The van der Waals surface area contributed by atoms with Gasteiger partial charge in [-0.05, 0) is 50.4 Å². The molecule has 4 nitrogen and oxygen atoms in total. The fourth-order valence-corrected chi connectivity index (χ4v) is 5.23. The Bertz CT molecular complexity index is 516. The summed E-state index contributed by atoms with van der Waals surface area (Å²) in [7, 11) is 0. The van der Waals surface area contributed by atoms with E-state index in [2.05, 4.69) is 17.5 Å². The van der Waals surface area contributed by atoms with Crippen LogP contribution < -0.4 is 5.32 Å². The average molecular weight is 330 g/mol. The lowest BCUT2D eigenvalue weighted by atomic mass is 9.89. The van der Waals surface area contributed by atoms with E-state index < -0.39 is 0 Å². The topological polar surface area (TPSA) is 49.4 Å². The number of carbonyl (C=O) groups is 2. The Hall–Kier alpha value is -1.32. The van der Waals surface area contributed by atoms with Gasteiger partial charge in [-0.25, -0.2) is 0 Å². The molecule has 0 aromatic carbocycles. The lowest BCUT2D eigenvalue weighted by Crippen LogP contribution is -2.47. The summed E-state index contributed by atoms with van der Waals surface area (Å²) in [6.07, 6.45) is 14.5. The van der Waals surface area contributed by atoms with Crippen LogP contribution in [0.3, 0.4) is 0 Å². The van der Waals surface area contributed by atoms with Crippen LogP contribution in [0.1, 0.15) is 57.8 Å². The van der Waals surface area contributed by atoms with Crippen molar-refractivity contribution in [1.29, 1.82) is 0 Å². The SMILES string of the molecule is O=C(NC1CCCCC1)C1CCN(C(=O)C2CC3C=CC2C3)CC1. The number of likely N-dealkylation sites (tertiary alicyclic amines) is 1. The van der Waals surface area contributed by atoms with Crippen LogP contribution in [-0.2, 0) is 9.59 Å². The molecule has 4 aliphatic rings. The number of rotatable bonds is 3. The maximum absolute atomic E-state index is 12.8. The van der Waals surface area contributed by atoms with E-state index >= 15 is 0 Å². The highest BCUT2D eigenvalue weighted by Crippen LogP contribution is 2.44. The van der Waals surface area contributed by atoms with Crippen LogP contribution in [0.5, 0.6) is 0 Å². The first-order valence-corrected chi connectivity index (χ1v) is 9.98.